The van der Waals surface area contributed by atoms with Gasteiger partial charge in [0.25, 0.3) is 5.91 Å². The van der Waals surface area contributed by atoms with Gasteiger partial charge >= 0.3 is 6.18 Å². The number of Topliss-reactive ketones (excluding diaryl/α,β-unsaturated/α-hetero) is 2. The minimum atomic E-state index is -4.89. The number of benzene rings is 1. The third-order valence-corrected chi connectivity index (χ3v) is 8.77. The summed E-state index contributed by atoms with van der Waals surface area (Å²) >= 11 is 0. The van der Waals surface area contributed by atoms with Crippen molar-refractivity contribution in [1.82, 2.24) is 9.80 Å². The molecule has 4 atom stereocenters. The molecular formula is C30H38F3N3O7. The molecule has 3 aliphatic rings. The van der Waals surface area contributed by atoms with Gasteiger partial charge in [0, 0.05) is 18.0 Å². The first-order chi connectivity index (χ1) is 19.6. The van der Waals surface area contributed by atoms with Crippen molar-refractivity contribution in [2.45, 2.75) is 64.4 Å². The third-order valence-electron chi connectivity index (χ3n) is 8.77. The molecule has 3 aliphatic carbocycles. The van der Waals surface area contributed by atoms with Crippen molar-refractivity contribution in [1.29, 1.82) is 0 Å². The number of rotatable bonds is 6. The van der Waals surface area contributed by atoms with Crippen LogP contribution >= 0.6 is 0 Å². The van der Waals surface area contributed by atoms with Gasteiger partial charge in [-0.2, -0.15) is 13.2 Å². The van der Waals surface area contributed by atoms with Crippen molar-refractivity contribution >= 4 is 23.2 Å². The molecule has 1 aromatic rings. The Bertz CT molecular complexity index is 1460. The zero-order valence-electron chi connectivity index (χ0n) is 25.0. The average molecular weight is 610 g/mol. The number of halogens is 3. The van der Waals surface area contributed by atoms with Gasteiger partial charge < -0.3 is 31.1 Å². The minimum Gasteiger partial charge on any atom is -0.508 e. The number of carbonyl (C=O) groups is 3. The Hall–Kier alpha value is -3.42. The lowest BCUT2D eigenvalue weighted by molar-refractivity contribution is -0.153. The number of phenols is 1. The van der Waals surface area contributed by atoms with Crippen LogP contribution < -0.4 is 5.73 Å². The summed E-state index contributed by atoms with van der Waals surface area (Å²) in [5, 5.41) is 44.8. The van der Waals surface area contributed by atoms with E-state index < -0.39 is 98.7 Å². The van der Waals surface area contributed by atoms with Gasteiger partial charge in [-0.1, -0.05) is 20.8 Å². The highest BCUT2D eigenvalue weighted by Gasteiger charge is 2.64. The summed E-state index contributed by atoms with van der Waals surface area (Å²) in [5.74, 6) is -9.03. The van der Waals surface area contributed by atoms with Crippen molar-refractivity contribution in [3.63, 3.8) is 0 Å². The molecule has 10 nitrogen and oxygen atoms in total. The number of primary amides is 1. The Labute approximate surface area is 247 Å². The van der Waals surface area contributed by atoms with Crippen LogP contribution in [0.2, 0.25) is 0 Å². The van der Waals surface area contributed by atoms with E-state index in [1.807, 2.05) is 20.8 Å². The second kappa shape index (κ2) is 10.6. The summed E-state index contributed by atoms with van der Waals surface area (Å²) < 4.78 is 44.1. The first kappa shape index (κ1) is 32.5. The van der Waals surface area contributed by atoms with Crippen molar-refractivity contribution in [3.8, 4) is 5.75 Å². The maximum absolute atomic E-state index is 14.7. The first-order valence-electron chi connectivity index (χ1n) is 13.9. The van der Waals surface area contributed by atoms with E-state index in [9.17, 15) is 48.0 Å². The number of aliphatic hydroxyl groups excluding tert-OH is 2. The van der Waals surface area contributed by atoms with Crippen molar-refractivity contribution < 1.29 is 48.0 Å². The lowest BCUT2D eigenvalue weighted by Gasteiger charge is -2.50. The molecule has 1 fully saturated rings. The monoisotopic (exact) mass is 609 g/mol. The van der Waals surface area contributed by atoms with E-state index in [0.717, 1.165) is 6.07 Å². The van der Waals surface area contributed by atoms with E-state index in [4.69, 9.17) is 5.73 Å². The SMILES string of the molecule is CN(CCC(C)(C)C)Cc1cc(O)c2c(c1C(F)(F)F)C[C@H]1C[C@H]3[C@H](N(C)C)C(=O)C(C(N)=O)=C(O)[C@@]3(O)C(=O)C1=C2O. The van der Waals surface area contributed by atoms with Crippen LogP contribution in [0.5, 0.6) is 5.75 Å². The van der Waals surface area contributed by atoms with E-state index >= 15 is 0 Å². The smallest absolute Gasteiger partial charge is 0.417 e. The Morgan fingerprint density at radius 1 is 1.12 bits per heavy atom. The second-order valence-electron chi connectivity index (χ2n) is 13.3. The fourth-order valence-electron chi connectivity index (χ4n) is 6.76. The molecule has 0 saturated heterocycles. The summed E-state index contributed by atoms with van der Waals surface area (Å²) in [4.78, 5) is 42.2. The molecule has 1 saturated carbocycles. The molecule has 0 unspecified atom stereocenters. The number of nitrogens with two attached hydrogens (primary N) is 1. The Balaban J connectivity index is 1.91. The molecule has 13 heteroatoms. The molecule has 4 rings (SSSR count). The van der Waals surface area contributed by atoms with Gasteiger partial charge in [0.1, 0.15) is 22.8 Å². The van der Waals surface area contributed by atoms with E-state index in [-0.39, 0.29) is 23.9 Å². The number of amides is 1. The molecule has 0 heterocycles. The topological polar surface area (TPSA) is 165 Å². The number of carbonyl (C=O) groups excluding carboxylic acids is 3. The van der Waals surface area contributed by atoms with Crippen molar-refractivity contribution in [2.24, 2.45) is 23.0 Å². The van der Waals surface area contributed by atoms with Gasteiger partial charge in [-0.15, -0.1) is 0 Å². The Morgan fingerprint density at radius 3 is 2.23 bits per heavy atom. The summed E-state index contributed by atoms with van der Waals surface area (Å²) in [7, 11) is 4.55. The van der Waals surface area contributed by atoms with Crippen molar-refractivity contribution in [2.75, 3.05) is 27.7 Å². The zero-order valence-corrected chi connectivity index (χ0v) is 25.0. The van der Waals surface area contributed by atoms with Gasteiger partial charge in [0.15, 0.2) is 11.4 Å². The summed E-state index contributed by atoms with van der Waals surface area (Å²) in [6, 6.07) is -0.420. The molecule has 0 aliphatic heterocycles. The number of phenolic OH excluding ortho intramolecular Hbond substituents is 1. The van der Waals surface area contributed by atoms with Crippen molar-refractivity contribution in [3.05, 3.63) is 45.2 Å². The van der Waals surface area contributed by atoms with Crippen LogP contribution in [0.15, 0.2) is 23.0 Å². The highest BCUT2D eigenvalue weighted by Crippen LogP contribution is 2.54. The predicted octanol–water partition coefficient (Wildman–Crippen LogP) is 2.85. The summed E-state index contributed by atoms with van der Waals surface area (Å²) in [6.45, 7) is 6.36. The van der Waals surface area contributed by atoms with Crippen LogP contribution in [0.3, 0.4) is 0 Å². The zero-order chi connectivity index (χ0) is 32.6. The highest BCUT2D eigenvalue weighted by atomic mass is 19.4. The molecule has 236 valence electrons. The largest absolute Gasteiger partial charge is 0.508 e. The molecule has 1 amide bonds. The van der Waals surface area contributed by atoms with Gasteiger partial charge in [-0.3, -0.25) is 19.3 Å². The van der Waals surface area contributed by atoms with Crippen LogP contribution in [-0.4, -0.2) is 87.0 Å². The lowest BCUT2D eigenvalue weighted by atomic mass is 9.57. The highest BCUT2D eigenvalue weighted by molar-refractivity contribution is 6.24. The van der Waals surface area contributed by atoms with E-state index in [1.165, 1.54) is 19.0 Å². The number of aliphatic hydroxyl groups is 3. The van der Waals surface area contributed by atoms with Crippen LogP contribution in [0.25, 0.3) is 5.76 Å². The number of nitrogens with zero attached hydrogens (tertiary/aromatic N) is 2. The second-order valence-corrected chi connectivity index (χ2v) is 13.3. The van der Waals surface area contributed by atoms with Crippen LogP contribution in [0.1, 0.15) is 55.9 Å². The van der Waals surface area contributed by atoms with E-state index in [2.05, 4.69) is 0 Å². The fourth-order valence-corrected chi connectivity index (χ4v) is 6.76. The predicted molar refractivity (Wildman–Crippen MR) is 150 cm³/mol. The van der Waals surface area contributed by atoms with Gasteiger partial charge in [-0.05, 0) is 75.5 Å². The molecule has 1 aromatic carbocycles. The number of likely N-dealkylation sites (N-methyl/N-ethyl adjacent to an activating group) is 1. The number of alkyl halides is 3. The fraction of sp³-hybridized carbons (Fsp3) is 0.567. The van der Waals surface area contributed by atoms with Crippen LogP contribution in [0.4, 0.5) is 13.2 Å². The third kappa shape index (κ3) is 5.31. The number of fused-ring (bicyclic) bond motifs is 3. The average Bonchev–Trinajstić information content (AvgIpc) is 2.83. The van der Waals surface area contributed by atoms with Gasteiger partial charge in [0.05, 0.1) is 17.2 Å². The minimum absolute atomic E-state index is 0.0612. The Kier molecular flexibility index (Phi) is 8.04. The molecular weight excluding hydrogens is 571 g/mol. The number of ketones is 2. The lowest BCUT2D eigenvalue weighted by Crippen LogP contribution is -2.65. The van der Waals surface area contributed by atoms with Gasteiger partial charge in [0.2, 0.25) is 5.78 Å². The van der Waals surface area contributed by atoms with Gasteiger partial charge in [-0.25, -0.2) is 0 Å². The molecule has 0 spiro atoms. The number of aromatic hydroxyl groups is 1. The maximum atomic E-state index is 14.7. The summed E-state index contributed by atoms with van der Waals surface area (Å²) in [5.41, 5.74) is -1.35. The molecule has 43 heavy (non-hydrogen) atoms. The van der Waals surface area contributed by atoms with Crippen LogP contribution in [-0.2, 0) is 33.5 Å². The molecule has 0 radical (unpaired) electrons. The molecule has 6 N–H and O–H groups in total. The number of hydrogen-bond donors (Lipinski definition) is 5. The maximum Gasteiger partial charge on any atom is 0.417 e. The van der Waals surface area contributed by atoms with E-state index in [0.29, 0.717) is 13.0 Å². The molecule has 0 bridgehead atoms. The van der Waals surface area contributed by atoms with E-state index in [1.54, 1.807) is 11.9 Å². The first-order valence-corrected chi connectivity index (χ1v) is 13.9. The quantitative estimate of drug-likeness (QED) is 0.305. The normalized spacial score (nSPS) is 26.2. The standard InChI is InChI=1S/C30H38F3N3O7/c1-28(2,3)7-8-36(6)12-14-11-17(37)19-15(21(14)30(31,32)33)9-13-10-16-22(35(4)5)24(39)20(27(34)42)26(41)29(16,43)25(40)18(13)23(19)38/h11,13,16,22,37-38,41,43H,7-10,12H2,1-6H3,(H2,34,42)/t13-,16-,22-,29-/m0/s1. The number of hydrogen-bond acceptors (Lipinski definition) is 9. The van der Waals surface area contributed by atoms with Crippen LogP contribution in [0, 0.1) is 17.3 Å². The molecule has 0 aromatic heterocycles. The Morgan fingerprint density at radius 2 is 1.72 bits per heavy atom. The summed E-state index contributed by atoms with van der Waals surface area (Å²) in [6.07, 6.45) is -4.94.